The molecule has 1 aromatic carbocycles. The van der Waals surface area contributed by atoms with Gasteiger partial charge in [-0.1, -0.05) is 0 Å². The third-order valence-corrected chi connectivity index (χ3v) is 4.03. The zero-order valence-electron chi connectivity index (χ0n) is 10.7. The van der Waals surface area contributed by atoms with E-state index in [1.54, 1.807) is 7.11 Å². The number of aliphatic hydroxyl groups excluding tert-OH is 2. The third-order valence-electron chi connectivity index (χ3n) is 3.03. The van der Waals surface area contributed by atoms with Crippen molar-refractivity contribution in [2.45, 2.75) is 17.1 Å². The first-order chi connectivity index (χ1) is 9.10. The number of hydrogen-bond acceptors (Lipinski definition) is 5. The molecule has 1 aliphatic heterocycles. The lowest BCUT2D eigenvalue weighted by molar-refractivity contribution is -0.127. The third kappa shape index (κ3) is 3.62. The number of ether oxygens (including phenoxy) is 1. The number of hydrogen-bond donors (Lipinski definition) is 2. The van der Waals surface area contributed by atoms with E-state index >= 15 is 0 Å². The zero-order chi connectivity index (χ0) is 13.8. The first kappa shape index (κ1) is 14.2. The molecule has 0 aromatic heterocycles. The van der Waals surface area contributed by atoms with Gasteiger partial charge >= 0.3 is 0 Å². The van der Waals surface area contributed by atoms with Gasteiger partial charge in [-0.3, -0.25) is 4.79 Å². The molecular weight excluding hydrogens is 266 g/mol. The number of thioether (sulfide) groups is 1. The van der Waals surface area contributed by atoms with Crippen LogP contribution < -0.4 is 4.74 Å². The highest BCUT2D eigenvalue weighted by Crippen LogP contribution is 2.22. The van der Waals surface area contributed by atoms with Crippen molar-refractivity contribution >= 4 is 17.7 Å². The van der Waals surface area contributed by atoms with Gasteiger partial charge in [0.25, 0.3) is 0 Å². The van der Waals surface area contributed by atoms with Gasteiger partial charge in [0.1, 0.15) is 5.75 Å². The van der Waals surface area contributed by atoms with Gasteiger partial charge in [0.05, 0.1) is 25.1 Å². The van der Waals surface area contributed by atoms with E-state index in [-0.39, 0.29) is 19.0 Å². The molecule has 104 valence electrons. The standard InChI is InChI=1S/C13H17NO4S/c1-18-9-2-4-10(5-3-9)19-8-13(17)14-6-11(15)12(16)7-14/h2-5,11-12,15-16H,6-8H2,1H3/t11-,12+. The predicted molar refractivity (Wildman–Crippen MR) is 72.3 cm³/mol. The topological polar surface area (TPSA) is 70.0 Å². The molecule has 0 spiro atoms. The quantitative estimate of drug-likeness (QED) is 0.780. The van der Waals surface area contributed by atoms with E-state index in [9.17, 15) is 15.0 Å². The fourth-order valence-electron chi connectivity index (χ4n) is 1.88. The summed E-state index contributed by atoms with van der Waals surface area (Å²) in [6, 6.07) is 7.47. The zero-order valence-corrected chi connectivity index (χ0v) is 11.5. The summed E-state index contributed by atoms with van der Waals surface area (Å²) in [6.45, 7) is 0.423. The van der Waals surface area contributed by atoms with Crippen LogP contribution in [0.4, 0.5) is 0 Å². The number of aliphatic hydroxyl groups is 2. The number of carbonyl (C=O) groups is 1. The molecule has 1 amide bonds. The fourth-order valence-corrected chi connectivity index (χ4v) is 2.68. The smallest absolute Gasteiger partial charge is 0.233 e. The summed E-state index contributed by atoms with van der Waals surface area (Å²) in [7, 11) is 1.61. The molecule has 2 atom stereocenters. The molecule has 6 heteroatoms. The predicted octanol–water partition coefficient (Wildman–Crippen LogP) is 0.351. The Balaban J connectivity index is 1.83. The first-order valence-electron chi connectivity index (χ1n) is 6.01. The van der Waals surface area contributed by atoms with Gasteiger partial charge < -0.3 is 19.8 Å². The van der Waals surface area contributed by atoms with Crippen LogP contribution in [0.25, 0.3) is 0 Å². The van der Waals surface area contributed by atoms with Gasteiger partial charge in [-0.2, -0.15) is 0 Å². The van der Waals surface area contributed by atoms with Gasteiger partial charge in [0, 0.05) is 18.0 Å². The van der Waals surface area contributed by atoms with Crippen LogP contribution in [0, 0.1) is 0 Å². The van der Waals surface area contributed by atoms with Crippen LogP contribution in [-0.2, 0) is 4.79 Å². The maximum absolute atomic E-state index is 11.9. The lowest BCUT2D eigenvalue weighted by atomic mass is 10.3. The Hall–Kier alpha value is -1.24. The van der Waals surface area contributed by atoms with Crippen molar-refractivity contribution in [3.8, 4) is 5.75 Å². The number of rotatable bonds is 4. The molecule has 0 bridgehead atoms. The molecule has 1 aliphatic rings. The Labute approximate surface area is 116 Å². The average molecular weight is 283 g/mol. The molecule has 0 saturated carbocycles. The SMILES string of the molecule is COc1ccc(SCC(=O)N2C[C@@H](O)[C@@H](O)C2)cc1. The molecule has 0 unspecified atom stereocenters. The molecule has 2 rings (SSSR count). The number of amides is 1. The second-order valence-electron chi connectivity index (χ2n) is 4.40. The molecule has 0 aliphatic carbocycles. The minimum atomic E-state index is -0.824. The van der Waals surface area contributed by atoms with Crippen LogP contribution in [-0.4, -0.2) is 59.2 Å². The fraction of sp³-hybridized carbons (Fsp3) is 0.462. The van der Waals surface area contributed by atoms with Crippen LogP contribution >= 0.6 is 11.8 Å². The molecule has 19 heavy (non-hydrogen) atoms. The number of benzene rings is 1. The molecule has 5 nitrogen and oxygen atoms in total. The molecule has 1 aromatic rings. The number of carbonyl (C=O) groups excluding carboxylic acids is 1. The van der Waals surface area contributed by atoms with Crippen molar-refractivity contribution in [1.82, 2.24) is 4.90 Å². The molecule has 2 N–H and O–H groups in total. The van der Waals surface area contributed by atoms with Crippen LogP contribution in [0.2, 0.25) is 0 Å². The summed E-state index contributed by atoms with van der Waals surface area (Å²) in [6.07, 6.45) is -1.65. The lowest BCUT2D eigenvalue weighted by Gasteiger charge is -2.14. The molecular formula is C13H17NO4S. The van der Waals surface area contributed by atoms with E-state index in [1.807, 2.05) is 24.3 Å². The average Bonchev–Trinajstić information content (AvgIpc) is 2.77. The first-order valence-corrected chi connectivity index (χ1v) is 6.99. The maximum Gasteiger partial charge on any atom is 0.233 e. The van der Waals surface area contributed by atoms with Crippen LogP contribution in [0.15, 0.2) is 29.2 Å². The van der Waals surface area contributed by atoms with Gasteiger partial charge in [-0.05, 0) is 24.3 Å². The second kappa shape index (κ2) is 6.27. The van der Waals surface area contributed by atoms with Crippen LogP contribution in [0.3, 0.4) is 0 Å². The monoisotopic (exact) mass is 283 g/mol. The number of nitrogens with zero attached hydrogens (tertiary/aromatic N) is 1. The Morgan fingerprint density at radius 1 is 1.32 bits per heavy atom. The number of β-amino-alcohol motifs (C(OH)–C–C–N with tert-alkyl or cyclic N) is 2. The van der Waals surface area contributed by atoms with Crippen molar-refractivity contribution in [1.29, 1.82) is 0 Å². The Bertz CT molecular complexity index is 427. The Kier molecular flexibility index (Phi) is 4.68. The molecule has 0 radical (unpaired) electrons. The summed E-state index contributed by atoms with van der Waals surface area (Å²) < 4.78 is 5.06. The van der Waals surface area contributed by atoms with Crippen molar-refractivity contribution in [3.05, 3.63) is 24.3 Å². The Morgan fingerprint density at radius 2 is 1.89 bits per heavy atom. The van der Waals surface area contributed by atoms with Gasteiger partial charge in [0.15, 0.2) is 0 Å². The minimum absolute atomic E-state index is 0.0728. The maximum atomic E-state index is 11.9. The number of likely N-dealkylation sites (tertiary alicyclic amines) is 1. The van der Waals surface area contributed by atoms with Gasteiger partial charge in [-0.25, -0.2) is 0 Å². The highest BCUT2D eigenvalue weighted by atomic mass is 32.2. The largest absolute Gasteiger partial charge is 0.497 e. The highest BCUT2D eigenvalue weighted by Gasteiger charge is 2.32. The van der Waals surface area contributed by atoms with Crippen LogP contribution in [0.5, 0.6) is 5.75 Å². The summed E-state index contributed by atoms with van der Waals surface area (Å²) in [5.41, 5.74) is 0. The number of methoxy groups -OCH3 is 1. The Morgan fingerprint density at radius 3 is 2.42 bits per heavy atom. The minimum Gasteiger partial charge on any atom is -0.497 e. The molecule has 1 heterocycles. The van der Waals surface area contributed by atoms with Crippen molar-refractivity contribution in [2.75, 3.05) is 26.0 Å². The van der Waals surface area contributed by atoms with Crippen LogP contribution in [0.1, 0.15) is 0 Å². The second-order valence-corrected chi connectivity index (χ2v) is 5.45. The summed E-state index contributed by atoms with van der Waals surface area (Å²) in [5.74, 6) is 1.00. The highest BCUT2D eigenvalue weighted by molar-refractivity contribution is 8.00. The molecule has 1 fully saturated rings. The van der Waals surface area contributed by atoms with E-state index in [2.05, 4.69) is 0 Å². The van der Waals surface area contributed by atoms with E-state index in [0.29, 0.717) is 5.75 Å². The van der Waals surface area contributed by atoms with Crippen molar-refractivity contribution in [2.24, 2.45) is 0 Å². The molecule has 1 saturated heterocycles. The van der Waals surface area contributed by atoms with Crippen molar-refractivity contribution in [3.63, 3.8) is 0 Å². The van der Waals surface area contributed by atoms with Gasteiger partial charge in [0.2, 0.25) is 5.91 Å². The van der Waals surface area contributed by atoms with Crippen molar-refractivity contribution < 1.29 is 19.7 Å². The summed E-state index contributed by atoms with van der Waals surface area (Å²) >= 11 is 1.43. The normalized spacial score (nSPS) is 22.6. The van der Waals surface area contributed by atoms with Gasteiger partial charge in [-0.15, -0.1) is 11.8 Å². The van der Waals surface area contributed by atoms with E-state index in [0.717, 1.165) is 10.6 Å². The van der Waals surface area contributed by atoms with E-state index < -0.39 is 12.2 Å². The van der Waals surface area contributed by atoms with E-state index in [4.69, 9.17) is 4.74 Å². The lowest BCUT2D eigenvalue weighted by Crippen LogP contribution is -2.31. The van der Waals surface area contributed by atoms with E-state index in [1.165, 1.54) is 16.7 Å². The summed E-state index contributed by atoms with van der Waals surface area (Å²) in [5, 5.41) is 18.8. The summed E-state index contributed by atoms with van der Waals surface area (Å²) in [4.78, 5) is 14.4.